The summed E-state index contributed by atoms with van der Waals surface area (Å²) < 4.78 is 11.0. The molecule has 0 saturated carbocycles. The summed E-state index contributed by atoms with van der Waals surface area (Å²) in [5, 5.41) is 21.6. The molecular formula is C16H17BrN2O4. The van der Waals surface area contributed by atoms with Crippen LogP contribution in [0.1, 0.15) is 18.4 Å². The Balaban J connectivity index is 2.14. The molecule has 122 valence electrons. The van der Waals surface area contributed by atoms with Crippen LogP contribution in [0, 0.1) is 11.3 Å². The van der Waals surface area contributed by atoms with E-state index in [9.17, 15) is 15.2 Å². The van der Waals surface area contributed by atoms with E-state index in [0.717, 1.165) is 12.8 Å². The van der Waals surface area contributed by atoms with Crippen molar-refractivity contribution in [3.05, 3.63) is 27.7 Å². The highest BCUT2D eigenvalue weighted by Crippen LogP contribution is 2.33. The topological polar surface area (TPSA) is 91.6 Å². The SMILES string of the molecule is COc1cc(/C=C(/C#N)C(=O)NC[C@@H]2CCCO2)c(Br)cc1O. The van der Waals surface area contributed by atoms with Gasteiger partial charge in [0.1, 0.15) is 11.6 Å². The second-order valence-electron chi connectivity index (χ2n) is 5.06. The fourth-order valence-corrected chi connectivity index (χ4v) is 2.69. The lowest BCUT2D eigenvalue weighted by molar-refractivity contribution is -0.117. The largest absolute Gasteiger partial charge is 0.504 e. The van der Waals surface area contributed by atoms with E-state index in [1.807, 2.05) is 6.07 Å². The first-order chi connectivity index (χ1) is 11.0. The summed E-state index contributed by atoms with van der Waals surface area (Å²) in [6.45, 7) is 1.10. The molecule has 1 atom stereocenters. The Morgan fingerprint density at radius 3 is 3.04 bits per heavy atom. The van der Waals surface area contributed by atoms with E-state index in [-0.39, 0.29) is 23.2 Å². The maximum absolute atomic E-state index is 12.1. The van der Waals surface area contributed by atoms with Crippen molar-refractivity contribution in [1.29, 1.82) is 5.26 Å². The maximum Gasteiger partial charge on any atom is 0.262 e. The van der Waals surface area contributed by atoms with Gasteiger partial charge in [-0.15, -0.1) is 0 Å². The summed E-state index contributed by atoms with van der Waals surface area (Å²) >= 11 is 3.29. The van der Waals surface area contributed by atoms with Gasteiger partial charge in [0.2, 0.25) is 0 Å². The Hall–Kier alpha value is -2.04. The predicted octanol–water partition coefficient (Wildman–Crippen LogP) is 2.37. The fourth-order valence-electron chi connectivity index (χ4n) is 2.24. The summed E-state index contributed by atoms with van der Waals surface area (Å²) in [5.41, 5.74) is 0.528. The molecule has 1 aliphatic rings. The molecule has 0 unspecified atom stereocenters. The van der Waals surface area contributed by atoms with E-state index in [1.165, 1.54) is 19.3 Å². The third-order valence-electron chi connectivity index (χ3n) is 3.48. The van der Waals surface area contributed by atoms with Gasteiger partial charge in [0.05, 0.1) is 13.2 Å². The molecule has 0 radical (unpaired) electrons. The molecule has 0 spiro atoms. The molecule has 1 saturated heterocycles. The Morgan fingerprint density at radius 1 is 1.65 bits per heavy atom. The molecule has 1 aromatic rings. The number of phenols is 1. The normalized spacial score (nSPS) is 17.6. The van der Waals surface area contributed by atoms with E-state index in [0.29, 0.717) is 23.2 Å². The zero-order valence-corrected chi connectivity index (χ0v) is 14.2. The molecule has 1 amide bonds. The Bertz CT molecular complexity index is 661. The van der Waals surface area contributed by atoms with Gasteiger partial charge < -0.3 is 19.9 Å². The molecule has 0 bridgehead atoms. The average Bonchev–Trinajstić information content (AvgIpc) is 3.05. The number of methoxy groups -OCH3 is 1. The number of amides is 1. The van der Waals surface area contributed by atoms with Crippen LogP contribution in [0.4, 0.5) is 0 Å². The van der Waals surface area contributed by atoms with Crippen molar-refractivity contribution in [2.45, 2.75) is 18.9 Å². The lowest BCUT2D eigenvalue weighted by Crippen LogP contribution is -2.32. The summed E-state index contributed by atoms with van der Waals surface area (Å²) in [6, 6.07) is 4.88. The minimum absolute atomic E-state index is 0.0133. The second-order valence-corrected chi connectivity index (χ2v) is 5.91. The van der Waals surface area contributed by atoms with Gasteiger partial charge in [0, 0.05) is 17.6 Å². The third kappa shape index (κ3) is 4.47. The van der Waals surface area contributed by atoms with Crippen LogP contribution in [-0.4, -0.2) is 37.4 Å². The Kier molecular flexibility index (Phi) is 6.02. The minimum atomic E-state index is -0.457. The van der Waals surface area contributed by atoms with Crippen LogP contribution in [0.25, 0.3) is 6.08 Å². The van der Waals surface area contributed by atoms with Crippen molar-refractivity contribution in [3.63, 3.8) is 0 Å². The van der Waals surface area contributed by atoms with Gasteiger partial charge in [-0.2, -0.15) is 5.26 Å². The lowest BCUT2D eigenvalue weighted by atomic mass is 10.1. The van der Waals surface area contributed by atoms with Gasteiger partial charge in [-0.1, -0.05) is 15.9 Å². The van der Waals surface area contributed by atoms with Crippen LogP contribution in [0.5, 0.6) is 11.5 Å². The fraction of sp³-hybridized carbons (Fsp3) is 0.375. The predicted molar refractivity (Wildman–Crippen MR) is 87.9 cm³/mol. The number of rotatable bonds is 5. The number of nitriles is 1. The Labute approximate surface area is 142 Å². The second kappa shape index (κ2) is 7.99. The Morgan fingerprint density at radius 2 is 2.43 bits per heavy atom. The number of halogens is 1. The summed E-state index contributed by atoms with van der Waals surface area (Å²) in [6.07, 6.45) is 3.35. The van der Waals surface area contributed by atoms with Crippen molar-refractivity contribution in [2.75, 3.05) is 20.3 Å². The van der Waals surface area contributed by atoms with Gasteiger partial charge >= 0.3 is 0 Å². The number of phenolic OH excluding ortho intramolecular Hbond substituents is 1. The molecule has 2 rings (SSSR count). The van der Waals surface area contributed by atoms with E-state index >= 15 is 0 Å². The minimum Gasteiger partial charge on any atom is -0.504 e. The standard InChI is InChI=1S/C16H17BrN2O4/c1-22-15-6-10(13(17)7-14(15)20)5-11(8-18)16(21)19-9-12-3-2-4-23-12/h5-7,12,20H,2-4,9H2,1H3,(H,19,21)/b11-5-/t12-/m0/s1. The molecule has 1 aliphatic heterocycles. The van der Waals surface area contributed by atoms with Crippen LogP contribution in [-0.2, 0) is 9.53 Å². The first-order valence-corrected chi connectivity index (χ1v) is 7.92. The van der Waals surface area contributed by atoms with Gasteiger partial charge in [0.25, 0.3) is 5.91 Å². The molecular weight excluding hydrogens is 364 g/mol. The van der Waals surface area contributed by atoms with Crippen molar-refractivity contribution in [2.24, 2.45) is 0 Å². The van der Waals surface area contributed by atoms with E-state index in [2.05, 4.69) is 21.2 Å². The van der Waals surface area contributed by atoms with Crippen molar-refractivity contribution < 1.29 is 19.4 Å². The van der Waals surface area contributed by atoms with Gasteiger partial charge in [-0.25, -0.2) is 0 Å². The number of benzene rings is 1. The average molecular weight is 381 g/mol. The number of nitrogens with one attached hydrogen (secondary N) is 1. The molecule has 2 N–H and O–H groups in total. The zero-order chi connectivity index (χ0) is 16.8. The van der Waals surface area contributed by atoms with Gasteiger partial charge in [-0.05, 0) is 36.6 Å². The van der Waals surface area contributed by atoms with Crippen molar-refractivity contribution >= 4 is 27.9 Å². The molecule has 1 fully saturated rings. The molecule has 1 aromatic carbocycles. The van der Waals surface area contributed by atoms with E-state index in [1.54, 1.807) is 6.07 Å². The quantitative estimate of drug-likeness (QED) is 0.604. The zero-order valence-electron chi connectivity index (χ0n) is 12.6. The smallest absolute Gasteiger partial charge is 0.262 e. The van der Waals surface area contributed by atoms with Crippen LogP contribution in [0.3, 0.4) is 0 Å². The first-order valence-electron chi connectivity index (χ1n) is 7.13. The highest BCUT2D eigenvalue weighted by atomic mass is 79.9. The van der Waals surface area contributed by atoms with Crippen LogP contribution >= 0.6 is 15.9 Å². The highest BCUT2D eigenvalue weighted by Gasteiger charge is 2.18. The molecule has 0 aliphatic carbocycles. The maximum atomic E-state index is 12.1. The lowest BCUT2D eigenvalue weighted by Gasteiger charge is -2.10. The van der Waals surface area contributed by atoms with Crippen molar-refractivity contribution in [3.8, 4) is 17.6 Å². The number of ether oxygens (including phenoxy) is 2. The number of aromatic hydroxyl groups is 1. The van der Waals surface area contributed by atoms with Gasteiger partial charge in [-0.3, -0.25) is 4.79 Å². The number of nitrogens with zero attached hydrogens (tertiary/aromatic N) is 1. The van der Waals surface area contributed by atoms with Gasteiger partial charge in [0.15, 0.2) is 11.5 Å². The molecule has 7 heteroatoms. The molecule has 23 heavy (non-hydrogen) atoms. The van der Waals surface area contributed by atoms with Crippen molar-refractivity contribution in [1.82, 2.24) is 5.32 Å². The van der Waals surface area contributed by atoms with Crippen LogP contribution in [0.2, 0.25) is 0 Å². The highest BCUT2D eigenvalue weighted by molar-refractivity contribution is 9.10. The summed E-state index contributed by atoms with van der Waals surface area (Å²) in [4.78, 5) is 12.1. The van der Waals surface area contributed by atoms with E-state index < -0.39 is 5.91 Å². The monoisotopic (exact) mass is 380 g/mol. The van der Waals surface area contributed by atoms with Crippen LogP contribution < -0.4 is 10.1 Å². The number of carbonyl (C=O) groups is 1. The molecule has 6 nitrogen and oxygen atoms in total. The molecule has 0 aromatic heterocycles. The number of hydrogen-bond acceptors (Lipinski definition) is 5. The third-order valence-corrected chi connectivity index (χ3v) is 4.16. The number of carbonyl (C=O) groups excluding carboxylic acids is 1. The van der Waals surface area contributed by atoms with E-state index in [4.69, 9.17) is 9.47 Å². The first kappa shape index (κ1) is 17.3. The summed E-state index contributed by atoms with van der Waals surface area (Å²) in [7, 11) is 1.43. The molecule has 1 heterocycles. The summed E-state index contributed by atoms with van der Waals surface area (Å²) in [5.74, 6) is -0.226. The van der Waals surface area contributed by atoms with Crippen LogP contribution in [0.15, 0.2) is 22.2 Å². The number of hydrogen-bond donors (Lipinski definition) is 2.